The second-order valence-electron chi connectivity index (χ2n) is 7.14. The zero-order valence-corrected chi connectivity index (χ0v) is 16.5. The Morgan fingerprint density at radius 1 is 1.19 bits per heavy atom. The number of hydrogen-bond acceptors (Lipinski definition) is 4. The minimum atomic E-state index is -0.767. The molecule has 0 aliphatic carbocycles. The smallest absolute Gasteiger partial charge is 0.323 e. The Morgan fingerprint density at radius 2 is 1.89 bits per heavy atom. The number of unbranched alkanes of at least 4 members (excludes halogenated alkanes) is 1. The van der Waals surface area contributed by atoms with Gasteiger partial charge in [0.1, 0.15) is 6.04 Å². The van der Waals surface area contributed by atoms with E-state index >= 15 is 0 Å². The molecule has 27 heavy (non-hydrogen) atoms. The number of urea groups is 1. The number of allylic oxidation sites excluding steroid dienone is 2. The molecule has 0 aromatic heterocycles. The number of nitrogens with one attached hydrogen (secondary N) is 3. The van der Waals surface area contributed by atoms with Crippen LogP contribution in [0.3, 0.4) is 0 Å². The summed E-state index contributed by atoms with van der Waals surface area (Å²) in [5.74, 6) is -0.174. The van der Waals surface area contributed by atoms with Gasteiger partial charge in [-0.05, 0) is 25.2 Å². The fourth-order valence-corrected chi connectivity index (χ4v) is 2.61. The van der Waals surface area contributed by atoms with Gasteiger partial charge >= 0.3 is 6.03 Å². The number of nitrogens with zero attached hydrogens (tertiary/aromatic N) is 1. The molecule has 0 aromatic carbocycles. The van der Waals surface area contributed by atoms with E-state index in [-0.39, 0.29) is 31.3 Å². The van der Waals surface area contributed by atoms with Crippen molar-refractivity contribution in [3.63, 3.8) is 0 Å². The molecule has 8 heteroatoms. The molecule has 0 radical (unpaired) electrons. The van der Waals surface area contributed by atoms with Crippen LogP contribution in [0.15, 0.2) is 12.2 Å². The Hall–Kier alpha value is -2.38. The molecule has 1 atom stereocenters. The number of likely N-dealkylation sites (N-methyl/N-ethyl adjacent to an activating group) is 1. The summed E-state index contributed by atoms with van der Waals surface area (Å²) in [6, 6.07) is -1.25. The van der Waals surface area contributed by atoms with Crippen LogP contribution in [0.4, 0.5) is 4.79 Å². The van der Waals surface area contributed by atoms with E-state index in [0.717, 1.165) is 17.2 Å². The van der Waals surface area contributed by atoms with Crippen molar-refractivity contribution in [2.24, 2.45) is 5.92 Å². The third-order valence-corrected chi connectivity index (χ3v) is 4.26. The van der Waals surface area contributed by atoms with Crippen molar-refractivity contribution in [3.05, 3.63) is 12.2 Å². The molecule has 1 aliphatic rings. The lowest BCUT2D eigenvalue weighted by Crippen LogP contribution is -2.61. The Labute approximate surface area is 161 Å². The average Bonchev–Trinajstić information content (AvgIpc) is 2.61. The number of rotatable bonds is 11. The molecule has 1 fully saturated rings. The molecule has 0 saturated carbocycles. The predicted octanol–water partition coefficient (Wildman–Crippen LogP) is 1.32. The van der Waals surface area contributed by atoms with Gasteiger partial charge in [-0.15, -0.1) is 0 Å². The summed E-state index contributed by atoms with van der Waals surface area (Å²) in [5, 5.41) is 7.78. The Kier molecular flexibility index (Phi) is 10.1. The third kappa shape index (κ3) is 9.21. The van der Waals surface area contributed by atoms with Gasteiger partial charge in [0.2, 0.25) is 11.8 Å². The highest BCUT2D eigenvalue weighted by atomic mass is 16.2. The second kappa shape index (κ2) is 12.1. The maximum atomic E-state index is 11.9. The van der Waals surface area contributed by atoms with Crippen molar-refractivity contribution in [2.45, 2.75) is 58.4 Å². The minimum Gasteiger partial charge on any atom is -0.356 e. The summed E-state index contributed by atoms with van der Waals surface area (Å²) < 4.78 is 0. The molecular weight excluding hydrogens is 348 g/mol. The summed E-state index contributed by atoms with van der Waals surface area (Å²) in [6.07, 6.45) is 8.70. The number of carbonyl (C=O) groups excluding carboxylic acids is 4. The molecule has 0 spiro atoms. The van der Waals surface area contributed by atoms with Gasteiger partial charge in [-0.1, -0.05) is 32.4 Å². The zero-order chi connectivity index (χ0) is 20.2. The van der Waals surface area contributed by atoms with E-state index in [1.165, 1.54) is 19.9 Å². The van der Waals surface area contributed by atoms with Crippen LogP contribution in [0.2, 0.25) is 0 Å². The minimum absolute atomic E-state index is 0.0730. The van der Waals surface area contributed by atoms with Crippen molar-refractivity contribution in [1.29, 1.82) is 0 Å². The molecule has 0 aromatic rings. The molecule has 8 nitrogen and oxygen atoms in total. The Morgan fingerprint density at radius 3 is 2.59 bits per heavy atom. The van der Waals surface area contributed by atoms with Gasteiger partial charge in [-0.3, -0.25) is 19.3 Å². The highest BCUT2D eigenvalue weighted by Crippen LogP contribution is 2.07. The van der Waals surface area contributed by atoms with E-state index in [4.69, 9.17) is 0 Å². The van der Waals surface area contributed by atoms with Crippen LogP contribution in [-0.2, 0) is 14.4 Å². The summed E-state index contributed by atoms with van der Waals surface area (Å²) in [6.45, 7) is 4.70. The van der Waals surface area contributed by atoms with Crippen LogP contribution in [0.1, 0.15) is 52.4 Å². The molecule has 1 rings (SSSR count). The van der Waals surface area contributed by atoms with Crippen LogP contribution in [0, 0.1) is 5.92 Å². The highest BCUT2D eigenvalue weighted by Gasteiger charge is 2.32. The molecule has 1 heterocycles. The van der Waals surface area contributed by atoms with Gasteiger partial charge in [0.15, 0.2) is 0 Å². The first-order chi connectivity index (χ1) is 12.8. The van der Waals surface area contributed by atoms with E-state index in [9.17, 15) is 19.2 Å². The molecule has 0 bridgehead atoms. The Bertz CT molecular complexity index is 560. The highest BCUT2D eigenvalue weighted by molar-refractivity contribution is 6.01. The molecule has 0 unspecified atom stereocenters. The summed E-state index contributed by atoms with van der Waals surface area (Å²) in [7, 11) is 1.36. The molecule has 1 saturated heterocycles. The van der Waals surface area contributed by atoms with E-state index in [0.29, 0.717) is 12.8 Å². The maximum absolute atomic E-state index is 11.9. The van der Waals surface area contributed by atoms with Gasteiger partial charge in [0.25, 0.3) is 5.91 Å². The average molecular weight is 380 g/mol. The van der Waals surface area contributed by atoms with Crippen molar-refractivity contribution >= 4 is 23.8 Å². The summed E-state index contributed by atoms with van der Waals surface area (Å²) >= 11 is 0. The quantitative estimate of drug-likeness (QED) is 0.371. The lowest BCUT2D eigenvalue weighted by atomic mass is 10.1. The van der Waals surface area contributed by atoms with E-state index in [2.05, 4.69) is 35.9 Å². The summed E-state index contributed by atoms with van der Waals surface area (Å²) in [5.41, 5.74) is 0. The molecule has 152 valence electrons. The maximum Gasteiger partial charge on any atom is 0.323 e. The fraction of sp³-hybridized carbons (Fsp3) is 0.684. The summed E-state index contributed by atoms with van der Waals surface area (Å²) in [4.78, 5) is 47.7. The number of hydrogen-bond donors (Lipinski definition) is 3. The van der Waals surface area contributed by atoms with Crippen LogP contribution in [-0.4, -0.2) is 54.8 Å². The fourth-order valence-electron chi connectivity index (χ4n) is 2.61. The van der Waals surface area contributed by atoms with Gasteiger partial charge < -0.3 is 16.0 Å². The first kappa shape index (κ1) is 22.7. The van der Waals surface area contributed by atoms with E-state index in [1.54, 1.807) is 0 Å². The van der Waals surface area contributed by atoms with Crippen LogP contribution < -0.4 is 16.0 Å². The van der Waals surface area contributed by atoms with Crippen LogP contribution in [0.5, 0.6) is 0 Å². The van der Waals surface area contributed by atoms with Crippen molar-refractivity contribution in [1.82, 2.24) is 20.9 Å². The van der Waals surface area contributed by atoms with Crippen LogP contribution >= 0.6 is 0 Å². The third-order valence-electron chi connectivity index (χ3n) is 4.26. The van der Waals surface area contributed by atoms with Crippen LogP contribution in [0.25, 0.3) is 0 Å². The predicted molar refractivity (Wildman–Crippen MR) is 103 cm³/mol. The topological polar surface area (TPSA) is 108 Å². The lowest BCUT2D eigenvalue weighted by Gasteiger charge is -2.29. The Balaban J connectivity index is 2.11. The van der Waals surface area contributed by atoms with Gasteiger partial charge in [-0.2, -0.15) is 0 Å². The van der Waals surface area contributed by atoms with Crippen molar-refractivity contribution in [2.75, 3.05) is 20.1 Å². The SMILES string of the molecule is CC(C)CCC/C=C\CCC(=O)NCCC(=O)N[C@@H]1CNC(=O)N(C)C1=O. The number of carbonyl (C=O) groups is 4. The van der Waals surface area contributed by atoms with Gasteiger partial charge in [0, 0.05) is 33.0 Å². The normalized spacial score (nSPS) is 17.3. The largest absolute Gasteiger partial charge is 0.356 e. The number of imide groups is 1. The first-order valence-electron chi connectivity index (χ1n) is 9.57. The van der Waals surface area contributed by atoms with Crippen molar-refractivity contribution in [3.8, 4) is 0 Å². The van der Waals surface area contributed by atoms with E-state index in [1.807, 2.05) is 6.08 Å². The lowest BCUT2D eigenvalue weighted by molar-refractivity contribution is -0.134. The monoisotopic (exact) mass is 380 g/mol. The molecule has 5 amide bonds. The standard InChI is InChI=1S/C19H32N4O4/c1-14(2)9-7-5-4-6-8-10-16(24)20-12-11-17(25)22-15-13-21-19(27)23(3)18(15)26/h4,6,14-15H,5,7-13H2,1-3H3,(H,20,24)(H,21,27)(H,22,25)/b6-4-/t15-/m1/s1. The second-order valence-corrected chi connectivity index (χ2v) is 7.14. The number of amides is 5. The van der Waals surface area contributed by atoms with E-state index < -0.39 is 18.0 Å². The zero-order valence-electron chi connectivity index (χ0n) is 16.5. The van der Waals surface area contributed by atoms with Gasteiger partial charge in [-0.25, -0.2) is 4.79 Å². The van der Waals surface area contributed by atoms with Crippen molar-refractivity contribution < 1.29 is 19.2 Å². The molecule has 3 N–H and O–H groups in total. The van der Waals surface area contributed by atoms with Gasteiger partial charge in [0.05, 0.1) is 0 Å². The first-order valence-corrected chi connectivity index (χ1v) is 9.57. The molecule has 1 aliphatic heterocycles. The molecular formula is C19H32N4O4.